The lowest BCUT2D eigenvalue weighted by molar-refractivity contribution is 0.535. The number of benzene rings is 1. The standard InChI is InChI=1S/C13H15N/c1-14(2)13-10-6-9-12(13)11-7-4-3-5-8-11/h3-5,7-10H,6H2,1-2H3. The van der Waals surface area contributed by atoms with Gasteiger partial charge in [0.2, 0.25) is 0 Å². The molecule has 14 heavy (non-hydrogen) atoms. The second-order valence-corrected chi connectivity index (χ2v) is 3.70. The molecule has 0 spiro atoms. The van der Waals surface area contributed by atoms with Crippen LogP contribution in [0.25, 0.3) is 5.57 Å². The van der Waals surface area contributed by atoms with E-state index < -0.39 is 0 Å². The molecule has 0 heterocycles. The second kappa shape index (κ2) is 3.70. The van der Waals surface area contributed by atoms with Gasteiger partial charge in [0.05, 0.1) is 0 Å². The first-order valence-corrected chi connectivity index (χ1v) is 4.92. The summed E-state index contributed by atoms with van der Waals surface area (Å²) in [6.45, 7) is 0. The van der Waals surface area contributed by atoms with E-state index in [4.69, 9.17) is 0 Å². The van der Waals surface area contributed by atoms with E-state index in [2.05, 4.69) is 61.5 Å². The van der Waals surface area contributed by atoms with Gasteiger partial charge in [-0.25, -0.2) is 0 Å². The lowest BCUT2D eigenvalue weighted by atomic mass is 10.1. The average Bonchev–Trinajstić information content (AvgIpc) is 2.67. The Kier molecular flexibility index (Phi) is 2.40. The van der Waals surface area contributed by atoms with Crippen molar-refractivity contribution in [2.24, 2.45) is 0 Å². The highest BCUT2D eigenvalue weighted by Gasteiger charge is 2.12. The monoisotopic (exact) mass is 185 g/mol. The van der Waals surface area contributed by atoms with Crippen molar-refractivity contribution in [2.45, 2.75) is 6.42 Å². The Balaban J connectivity index is 2.33. The normalized spacial score (nSPS) is 15.0. The van der Waals surface area contributed by atoms with Crippen LogP contribution in [0.15, 0.2) is 48.2 Å². The zero-order chi connectivity index (χ0) is 9.97. The summed E-state index contributed by atoms with van der Waals surface area (Å²) >= 11 is 0. The molecule has 1 aromatic rings. The molecule has 1 aromatic carbocycles. The summed E-state index contributed by atoms with van der Waals surface area (Å²) in [5.41, 5.74) is 4.00. The van der Waals surface area contributed by atoms with E-state index in [1.54, 1.807) is 0 Å². The molecule has 0 N–H and O–H groups in total. The molecule has 0 aliphatic heterocycles. The molecular formula is C13H15N. The second-order valence-electron chi connectivity index (χ2n) is 3.70. The summed E-state index contributed by atoms with van der Waals surface area (Å²) in [6.07, 6.45) is 5.60. The quantitative estimate of drug-likeness (QED) is 0.684. The van der Waals surface area contributed by atoms with E-state index in [-0.39, 0.29) is 0 Å². The van der Waals surface area contributed by atoms with Crippen molar-refractivity contribution >= 4 is 5.57 Å². The van der Waals surface area contributed by atoms with E-state index in [1.165, 1.54) is 16.8 Å². The lowest BCUT2D eigenvalue weighted by Crippen LogP contribution is -2.10. The van der Waals surface area contributed by atoms with Crippen LogP contribution in [0.2, 0.25) is 0 Å². The molecule has 1 aliphatic rings. The fourth-order valence-corrected chi connectivity index (χ4v) is 1.81. The van der Waals surface area contributed by atoms with Gasteiger partial charge < -0.3 is 4.90 Å². The average molecular weight is 185 g/mol. The molecular weight excluding hydrogens is 170 g/mol. The van der Waals surface area contributed by atoms with E-state index in [0.717, 1.165) is 6.42 Å². The first-order chi connectivity index (χ1) is 6.79. The SMILES string of the molecule is CN(C)C1=CCC=C1c1ccccc1. The summed E-state index contributed by atoms with van der Waals surface area (Å²) in [5.74, 6) is 0. The molecule has 72 valence electrons. The lowest BCUT2D eigenvalue weighted by Gasteiger charge is -2.17. The van der Waals surface area contributed by atoms with E-state index in [1.807, 2.05) is 0 Å². The zero-order valence-electron chi connectivity index (χ0n) is 8.70. The summed E-state index contributed by atoms with van der Waals surface area (Å²) in [6, 6.07) is 10.5. The number of allylic oxidation sites excluding steroid dienone is 3. The summed E-state index contributed by atoms with van der Waals surface area (Å²) < 4.78 is 0. The Morgan fingerprint density at radius 2 is 1.71 bits per heavy atom. The van der Waals surface area contributed by atoms with Crippen molar-refractivity contribution in [1.82, 2.24) is 4.90 Å². The Bertz CT molecular complexity index is 371. The van der Waals surface area contributed by atoms with Crippen LogP contribution in [0, 0.1) is 0 Å². The summed E-state index contributed by atoms with van der Waals surface area (Å²) in [5, 5.41) is 0. The van der Waals surface area contributed by atoms with Crippen LogP contribution in [0.5, 0.6) is 0 Å². The van der Waals surface area contributed by atoms with E-state index in [0.29, 0.717) is 0 Å². The number of hydrogen-bond donors (Lipinski definition) is 0. The van der Waals surface area contributed by atoms with Crippen molar-refractivity contribution < 1.29 is 0 Å². The van der Waals surface area contributed by atoms with Gasteiger partial charge in [-0.15, -0.1) is 0 Å². The minimum absolute atomic E-state index is 1.05. The Morgan fingerprint density at radius 1 is 1.00 bits per heavy atom. The minimum atomic E-state index is 1.05. The molecule has 1 nitrogen and oxygen atoms in total. The maximum atomic E-state index is 2.28. The molecule has 0 aromatic heterocycles. The fourth-order valence-electron chi connectivity index (χ4n) is 1.81. The molecule has 0 atom stereocenters. The van der Waals surface area contributed by atoms with Crippen LogP contribution >= 0.6 is 0 Å². The maximum Gasteiger partial charge on any atom is 0.0400 e. The molecule has 0 saturated heterocycles. The van der Waals surface area contributed by atoms with E-state index >= 15 is 0 Å². The van der Waals surface area contributed by atoms with Gasteiger partial charge in [-0.3, -0.25) is 0 Å². The highest BCUT2D eigenvalue weighted by atomic mass is 15.1. The Labute approximate surface area is 85.4 Å². The highest BCUT2D eigenvalue weighted by molar-refractivity contribution is 5.80. The van der Waals surface area contributed by atoms with Crippen molar-refractivity contribution in [1.29, 1.82) is 0 Å². The number of nitrogens with zero attached hydrogens (tertiary/aromatic N) is 1. The summed E-state index contributed by atoms with van der Waals surface area (Å²) in [7, 11) is 4.18. The highest BCUT2D eigenvalue weighted by Crippen LogP contribution is 2.29. The van der Waals surface area contributed by atoms with Gasteiger partial charge >= 0.3 is 0 Å². The van der Waals surface area contributed by atoms with Crippen LogP contribution in [0.3, 0.4) is 0 Å². The third kappa shape index (κ3) is 1.58. The number of likely N-dealkylation sites (N-methyl/N-ethyl adjacent to an activating group) is 1. The van der Waals surface area contributed by atoms with Crippen LogP contribution in [0.4, 0.5) is 0 Å². The van der Waals surface area contributed by atoms with Gasteiger partial charge in [-0.1, -0.05) is 42.5 Å². The number of rotatable bonds is 2. The zero-order valence-corrected chi connectivity index (χ0v) is 8.70. The smallest absolute Gasteiger partial charge is 0.0400 e. The van der Waals surface area contributed by atoms with Gasteiger partial charge in [0.25, 0.3) is 0 Å². The molecule has 0 amide bonds. The molecule has 1 aliphatic carbocycles. The van der Waals surface area contributed by atoms with Crippen molar-refractivity contribution in [3.05, 3.63) is 53.7 Å². The van der Waals surface area contributed by atoms with Crippen LogP contribution in [-0.4, -0.2) is 19.0 Å². The van der Waals surface area contributed by atoms with E-state index in [9.17, 15) is 0 Å². The number of hydrogen-bond acceptors (Lipinski definition) is 1. The third-order valence-electron chi connectivity index (χ3n) is 2.48. The topological polar surface area (TPSA) is 3.24 Å². The van der Waals surface area contributed by atoms with Gasteiger partial charge in [-0.2, -0.15) is 0 Å². The molecule has 0 bridgehead atoms. The van der Waals surface area contributed by atoms with Gasteiger partial charge in [-0.05, 0) is 12.0 Å². The first-order valence-electron chi connectivity index (χ1n) is 4.92. The Hall–Kier alpha value is -1.50. The molecule has 0 fully saturated rings. The van der Waals surface area contributed by atoms with Crippen LogP contribution < -0.4 is 0 Å². The predicted molar refractivity (Wildman–Crippen MR) is 60.8 cm³/mol. The minimum Gasteiger partial charge on any atom is -0.377 e. The van der Waals surface area contributed by atoms with Gasteiger partial charge in [0.1, 0.15) is 0 Å². The molecule has 0 radical (unpaired) electrons. The van der Waals surface area contributed by atoms with Crippen molar-refractivity contribution in [3.63, 3.8) is 0 Å². The summed E-state index contributed by atoms with van der Waals surface area (Å²) in [4.78, 5) is 2.17. The molecule has 0 unspecified atom stereocenters. The van der Waals surface area contributed by atoms with Crippen molar-refractivity contribution in [3.8, 4) is 0 Å². The van der Waals surface area contributed by atoms with Gasteiger partial charge in [0, 0.05) is 25.4 Å². The van der Waals surface area contributed by atoms with Crippen molar-refractivity contribution in [2.75, 3.05) is 14.1 Å². The maximum absolute atomic E-state index is 2.28. The van der Waals surface area contributed by atoms with Crippen LogP contribution in [0.1, 0.15) is 12.0 Å². The van der Waals surface area contributed by atoms with Gasteiger partial charge in [0.15, 0.2) is 0 Å². The molecule has 2 rings (SSSR count). The fraction of sp³-hybridized carbons (Fsp3) is 0.231. The molecule has 0 saturated carbocycles. The first kappa shape index (κ1) is 9.07. The third-order valence-corrected chi connectivity index (χ3v) is 2.48. The van der Waals surface area contributed by atoms with Crippen LogP contribution in [-0.2, 0) is 0 Å². The Morgan fingerprint density at radius 3 is 2.36 bits per heavy atom. The molecule has 1 heteroatoms. The largest absolute Gasteiger partial charge is 0.377 e. The predicted octanol–water partition coefficient (Wildman–Crippen LogP) is 2.92.